The molecule has 0 aromatic heterocycles. The molecule has 4 heteroatoms. The third kappa shape index (κ3) is 3.19. The summed E-state index contributed by atoms with van der Waals surface area (Å²) in [6.07, 6.45) is 3.99. The van der Waals surface area contributed by atoms with E-state index in [1.165, 1.54) is 6.07 Å². The molecule has 0 amide bonds. The van der Waals surface area contributed by atoms with Crippen molar-refractivity contribution in [3.8, 4) is 6.07 Å². The van der Waals surface area contributed by atoms with Crippen molar-refractivity contribution in [1.82, 2.24) is 5.32 Å². The minimum atomic E-state index is -0.394. The van der Waals surface area contributed by atoms with Crippen molar-refractivity contribution in [3.05, 3.63) is 30.1 Å². The van der Waals surface area contributed by atoms with Gasteiger partial charge in [-0.05, 0) is 51.3 Å². The molecule has 114 valence electrons. The summed E-state index contributed by atoms with van der Waals surface area (Å²) in [7, 11) is 1.87. The Morgan fingerprint density at radius 1 is 1.48 bits per heavy atom. The zero-order valence-electron chi connectivity index (χ0n) is 12.9. The molecule has 0 bridgehead atoms. The third-order valence-corrected chi connectivity index (χ3v) is 4.79. The lowest BCUT2D eigenvalue weighted by Gasteiger charge is -2.31. The standard InChI is InChI=1S/C17H24FN3/c1-3-21(16-9-5-4-8-15(16)18)12-10-14-7-6-11-17(14,13-19)20-2/h4-5,8-9,14,20H,3,6-7,10-12H2,1-2H3. The van der Waals surface area contributed by atoms with Crippen LogP contribution in [0.4, 0.5) is 10.1 Å². The largest absolute Gasteiger partial charge is 0.369 e. The highest BCUT2D eigenvalue weighted by Gasteiger charge is 2.41. The van der Waals surface area contributed by atoms with E-state index >= 15 is 0 Å². The summed E-state index contributed by atoms with van der Waals surface area (Å²) in [5.74, 6) is 0.166. The summed E-state index contributed by atoms with van der Waals surface area (Å²) in [6.45, 7) is 3.59. The molecular weight excluding hydrogens is 265 g/mol. The number of anilines is 1. The fourth-order valence-electron chi connectivity index (χ4n) is 3.47. The van der Waals surface area contributed by atoms with Crippen LogP contribution in [0.15, 0.2) is 24.3 Å². The Morgan fingerprint density at radius 3 is 2.86 bits per heavy atom. The van der Waals surface area contributed by atoms with E-state index in [4.69, 9.17) is 0 Å². The molecule has 0 spiro atoms. The van der Waals surface area contributed by atoms with Crippen molar-refractivity contribution in [2.24, 2.45) is 5.92 Å². The fraction of sp³-hybridized carbons (Fsp3) is 0.588. The molecule has 1 aliphatic carbocycles. The lowest BCUT2D eigenvalue weighted by atomic mass is 9.86. The van der Waals surface area contributed by atoms with E-state index < -0.39 is 5.54 Å². The van der Waals surface area contributed by atoms with Gasteiger partial charge in [0, 0.05) is 13.1 Å². The summed E-state index contributed by atoms with van der Waals surface area (Å²) < 4.78 is 13.9. The zero-order chi connectivity index (χ0) is 15.3. The fourth-order valence-corrected chi connectivity index (χ4v) is 3.47. The van der Waals surface area contributed by atoms with Gasteiger partial charge in [0.05, 0.1) is 11.8 Å². The van der Waals surface area contributed by atoms with Gasteiger partial charge in [-0.25, -0.2) is 4.39 Å². The Bertz CT molecular complexity index is 511. The number of benzene rings is 1. The third-order valence-electron chi connectivity index (χ3n) is 4.79. The monoisotopic (exact) mass is 289 g/mol. The molecule has 0 heterocycles. The second-order valence-electron chi connectivity index (χ2n) is 5.74. The van der Waals surface area contributed by atoms with Crippen LogP contribution in [-0.4, -0.2) is 25.7 Å². The van der Waals surface area contributed by atoms with Crippen molar-refractivity contribution < 1.29 is 4.39 Å². The molecule has 1 aromatic carbocycles. The van der Waals surface area contributed by atoms with Crippen LogP contribution in [0.25, 0.3) is 0 Å². The van der Waals surface area contributed by atoms with Crippen molar-refractivity contribution in [1.29, 1.82) is 5.26 Å². The molecule has 2 rings (SSSR count). The summed E-state index contributed by atoms with van der Waals surface area (Å²) >= 11 is 0. The van der Waals surface area contributed by atoms with Gasteiger partial charge in [0.2, 0.25) is 0 Å². The number of nitriles is 1. The number of halogens is 1. The van der Waals surface area contributed by atoms with E-state index in [1.807, 2.05) is 26.1 Å². The highest BCUT2D eigenvalue weighted by Crippen LogP contribution is 2.37. The summed E-state index contributed by atoms with van der Waals surface area (Å²) in [5.41, 5.74) is 0.263. The van der Waals surface area contributed by atoms with Crippen LogP contribution in [0.5, 0.6) is 0 Å². The van der Waals surface area contributed by atoms with Crippen LogP contribution in [0, 0.1) is 23.1 Å². The second-order valence-corrected chi connectivity index (χ2v) is 5.74. The normalized spacial score (nSPS) is 24.8. The summed E-state index contributed by atoms with van der Waals surface area (Å²) in [4.78, 5) is 2.06. The first-order valence-corrected chi connectivity index (χ1v) is 7.76. The molecule has 0 saturated heterocycles. The molecule has 1 aliphatic rings. The van der Waals surface area contributed by atoms with Gasteiger partial charge in [-0.15, -0.1) is 0 Å². The topological polar surface area (TPSA) is 39.1 Å². The van der Waals surface area contributed by atoms with Gasteiger partial charge in [0.1, 0.15) is 11.4 Å². The number of para-hydroxylation sites is 1. The quantitative estimate of drug-likeness (QED) is 0.873. The molecule has 2 atom stereocenters. The molecule has 3 nitrogen and oxygen atoms in total. The molecule has 1 aromatic rings. The number of rotatable bonds is 6. The van der Waals surface area contributed by atoms with Gasteiger partial charge in [0.15, 0.2) is 0 Å². The molecule has 0 aliphatic heterocycles. The van der Waals surface area contributed by atoms with Crippen LogP contribution in [0.2, 0.25) is 0 Å². The lowest BCUT2D eigenvalue weighted by Crippen LogP contribution is -2.45. The smallest absolute Gasteiger partial charge is 0.146 e. The number of hydrogen-bond acceptors (Lipinski definition) is 3. The molecule has 1 saturated carbocycles. The van der Waals surface area contributed by atoms with Crippen LogP contribution in [0.1, 0.15) is 32.6 Å². The molecule has 21 heavy (non-hydrogen) atoms. The highest BCUT2D eigenvalue weighted by molar-refractivity contribution is 5.47. The lowest BCUT2D eigenvalue weighted by molar-refractivity contribution is 0.322. The van der Waals surface area contributed by atoms with Crippen LogP contribution in [-0.2, 0) is 0 Å². The molecule has 1 fully saturated rings. The summed E-state index contributed by atoms with van der Waals surface area (Å²) in [6, 6.07) is 9.37. The van der Waals surface area contributed by atoms with E-state index in [0.717, 1.165) is 38.8 Å². The first kappa shape index (κ1) is 15.8. The average molecular weight is 289 g/mol. The van der Waals surface area contributed by atoms with Crippen LogP contribution < -0.4 is 10.2 Å². The predicted octanol–water partition coefficient (Wildman–Crippen LogP) is 3.32. The van der Waals surface area contributed by atoms with E-state index in [0.29, 0.717) is 11.6 Å². The SMILES string of the molecule is CCN(CCC1CCCC1(C#N)NC)c1ccccc1F. The number of hydrogen-bond donors (Lipinski definition) is 1. The van der Waals surface area contributed by atoms with Gasteiger partial charge >= 0.3 is 0 Å². The van der Waals surface area contributed by atoms with Gasteiger partial charge in [0.25, 0.3) is 0 Å². The van der Waals surface area contributed by atoms with E-state index in [9.17, 15) is 9.65 Å². The average Bonchev–Trinajstić information content (AvgIpc) is 2.93. The zero-order valence-corrected chi connectivity index (χ0v) is 12.9. The Hall–Kier alpha value is -1.60. The van der Waals surface area contributed by atoms with Gasteiger partial charge in [-0.3, -0.25) is 0 Å². The summed E-state index contributed by atoms with van der Waals surface area (Å²) in [5, 5.41) is 12.7. The van der Waals surface area contributed by atoms with E-state index in [1.54, 1.807) is 6.07 Å². The minimum absolute atomic E-state index is 0.175. The van der Waals surface area contributed by atoms with E-state index in [-0.39, 0.29) is 5.82 Å². The molecular formula is C17H24FN3. The van der Waals surface area contributed by atoms with Crippen molar-refractivity contribution in [3.63, 3.8) is 0 Å². The van der Waals surface area contributed by atoms with Gasteiger partial charge in [-0.2, -0.15) is 5.26 Å². The maximum absolute atomic E-state index is 13.9. The van der Waals surface area contributed by atoms with E-state index in [2.05, 4.69) is 16.3 Å². The first-order valence-electron chi connectivity index (χ1n) is 7.76. The van der Waals surface area contributed by atoms with Gasteiger partial charge < -0.3 is 10.2 Å². The van der Waals surface area contributed by atoms with Crippen LogP contribution >= 0.6 is 0 Å². The van der Waals surface area contributed by atoms with Crippen molar-refractivity contribution in [2.75, 3.05) is 25.0 Å². The first-order chi connectivity index (χ1) is 10.2. The molecule has 0 radical (unpaired) electrons. The molecule has 2 unspecified atom stereocenters. The Morgan fingerprint density at radius 2 is 2.24 bits per heavy atom. The number of nitrogens with zero attached hydrogens (tertiary/aromatic N) is 2. The maximum atomic E-state index is 13.9. The Labute approximate surface area is 126 Å². The second kappa shape index (κ2) is 6.91. The van der Waals surface area contributed by atoms with Crippen molar-refractivity contribution >= 4 is 5.69 Å². The molecule has 1 N–H and O–H groups in total. The van der Waals surface area contributed by atoms with Crippen molar-refractivity contribution in [2.45, 2.75) is 38.1 Å². The van der Waals surface area contributed by atoms with Gasteiger partial charge in [-0.1, -0.05) is 18.6 Å². The highest BCUT2D eigenvalue weighted by atomic mass is 19.1. The maximum Gasteiger partial charge on any atom is 0.146 e. The number of nitrogens with one attached hydrogen (secondary N) is 1. The Balaban J connectivity index is 2.04. The Kier molecular flexibility index (Phi) is 5.19. The predicted molar refractivity (Wildman–Crippen MR) is 83.6 cm³/mol. The van der Waals surface area contributed by atoms with Crippen LogP contribution in [0.3, 0.4) is 0 Å². The minimum Gasteiger partial charge on any atom is -0.369 e.